The highest BCUT2D eigenvalue weighted by molar-refractivity contribution is 9.11. The minimum Gasteiger partial charge on any atom is -0.127 e. The number of rotatable bonds is 0. The van der Waals surface area contributed by atoms with Crippen LogP contribution in [0.15, 0.2) is 27.1 Å². The lowest BCUT2D eigenvalue weighted by atomic mass is 10.2. The molecule has 0 radical (unpaired) electrons. The van der Waals surface area contributed by atoms with Gasteiger partial charge in [-0.05, 0) is 44.0 Å². The van der Waals surface area contributed by atoms with E-state index in [0.717, 1.165) is 14.5 Å². The fourth-order valence-electron chi connectivity index (χ4n) is 0.867. The molecule has 0 aromatic heterocycles. The summed E-state index contributed by atoms with van der Waals surface area (Å²) in [6.07, 6.45) is 0. The van der Waals surface area contributed by atoms with E-state index in [9.17, 15) is 0 Å². The van der Waals surface area contributed by atoms with E-state index in [1.54, 1.807) is 0 Å². The molecule has 0 aliphatic carbocycles. The highest BCUT2D eigenvalue weighted by Gasteiger charge is 2.08. The van der Waals surface area contributed by atoms with Crippen molar-refractivity contribution in [1.29, 1.82) is 0 Å². The Bertz CT molecular complexity index is 374. The lowest BCUT2D eigenvalue weighted by molar-refractivity contribution is 1.54. The summed E-state index contributed by atoms with van der Waals surface area (Å²) in [5.74, 6) is 3.24. The van der Waals surface area contributed by atoms with Crippen LogP contribution in [0.2, 0.25) is 19.6 Å². The van der Waals surface area contributed by atoms with Crippen LogP contribution in [0.5, 0.6) is 0 Å². The van der Waals surface area contributed by atoms with Crippen molar-refractivity contribution in [3.8, 4) is 11.5 Å². The van der Waals surface area contributed by atoms with Crippen molar-refractivity contribution in [3.05, 3.63) is 32.7 Å². The molecule has 0 nitrogen and oxygen atoms in total. The van der Waals surface area contributed by atoms with Gasteiger partial charge in [0.2, 0.25) is 0 Å². The smallest absolute Gasteiger partial charge is 0.127 e. The van der Waals surface area contributed by atoms with Gasteiger partial charge in [0.05, 0.1) is 5.56 Å². The second kappa shape index (κ2) is 4.65. The van der Waals surface area contributed by atoms with Crippen molar-refractivity contribution >= 4 is 39.9 Å². The fourth-order valence-corrected chi connectivity index (χ4v) is 2.56. The molecule has 0 unspecified atom stereocenters. The molecule has 0 saturated carbocycles. The predicted octanol–water partition coefficient (Wildman–Crippen LogP) is 4.44. The summed E-state index contributed by atoms with van der Waals surface area (Å²) < 4.78 is 2.11. The molecule has 0 heterocycles. The second-order valence-corrected chi connectivity index (χ2v) is 10.6. The normalized spacial score (nSPS) is 10.6. The Labute approximate surface area is 103 Å². The van der Waals surface area contributed by atoms with Crippen LogP contribution in [-0.2, 0) is 0 Å². The molecule has 1 aromatic carbocycles. The maximum Gasteiger partial charge on any atom is 0.129 e. The lowest BCUT2D eigenvalue weighted by Gasteiger charge is -2.04. The van der Waals surface area contributed by atoms with Crippen molar-refractivity contribution in [3.63, 3.8) is 0 Å². The molecule has 3 heteroatoms. The van der Waals surface area contributed by atoms with Crippen LogP contribution in [0, 0.1) is 11.5 Å². The average molecular weight is 332 g/mol. The maximum atomic E-state index is 3.50. The summed E-state index contributed by atoms with van der Waals surface area (Å²) in [4.78, 5) is 0. The predicted molar refractivity (Wildman–Crippen MR) is 72.1 cm³/mol. The molecule has 0 aliphatic heterocycles. The van der Waals surface area contributed by atoms with Crippen molar-refractivity contribution in [2.75, 3.05) is 0 Å². The zero-order valence-electron chi connectivity index (χ0n) is 8.49. The Morgan fingerprint density at radius 2 is 1.57 bits per heavy atom. The third-order valence-corrected chi connectivity index (χ3v) is 3.72. The lowest BCUT2D eigenvalue weighted by Crippen LogP contribution is -2.16. The molecule has 0 saturated heterocycles. The van der Waals surface area contributed by atoms with Crippen molar-refractivity contribution in [2.24, 2.45) is 0 Å². The summed E-state index contributed by atoms with van der Waals surface area (Å²) in [5.41, 5.74) is 4.40. The first kappa shape index (κ1) is 12.0. The summed E-state index contributed by atoms with van der Waals surface area (Å²) in [5, 5.41) is 0. The average Bonchev–Trinajstić information content (AvgIpc) is 2.01. The van der Waals surface area contributed by atoms with Gasteiger partial charge in [-0.15, -0.1) is 5.54 Å². The van der Waals surface area contributed by atoms with Crippen molar-refractivity contribution < 1.29 is 0 Å². The summed E-state index contributed by atoms with van der Waals surface area (Å²) in [7, 11) is -1.29. The van der Waals surface area contributed by atoms with E-state index in [-0.39, 0.29) is 0 Å². The molecule has 0 aliphatic rings. The van der Waals surface area contributed by atoms with E-state index in [2.05, 4.69) is 63.0 Å². The molecule has 14 heavy (non-hydrogen) atoms. The van der Waals surface area contributed by atoms with Crippen LogP contribution in [0.1, 0.15) is 5.56 Å². The van der Waals surface area contributed by atoms with Gasteiger partial charge in [-0.3, -0.25) is 0 Å². The van der Waals surface area contributed by atoms with Gasteiger partial charge in [-0.1, -0.05) is 31.6 Å². The zero-order valence-corrected chi connectivity index (χ0v) is 12.7. The molecule has 1 rings (SSSR count). The first-order valence-corrected chi connectivity index (χ1v) is 9.46. The fraction of sp³-hybridized carbons (Fsp3) is 0.273. The van der Waals surface area contributed by atoms with E-state index >= 15 is 0 Å². The Morgan fingerprint density at radius 3 is 2.00 bits per heavy atom. The topological polar surface area (TPSA) is 0 Å². The maximum absolute atomic E-state index is 3.50. The minimum absolute atomic E-state index is 1.05. The van der Waals surface area contributed by atoms with Crippen LogP contribution in [0.3, 0.4) is 0 Å². The molecular weight excluding hydrogens is 320 g/mol. The van der Waals surface area contributed by atoms with E-state index in [0.29, 0.717) is 0 Å². The molecule has 0 bridgehead atoms. The Kier molecular flexibility index (Phi) is 4.00. The van der Waals surface area contributed by atoms with Crippen LogP contribution in [0.25, 0.3) is 0 Å². The number of halogens is 2. The number of benzene rings is 1. The van der Waals surface area contributed by atoms with Crippen LogP contribution in [-0.4, -0.2) is 8.07 Å². The third kappa shape index (κ3) is 3.60. The van der Waals surface area contributed by atoms with E-state index in [1.165, 1.54) is 0 Å². The molecular formula is C11H12Br2Si. The standard InChI is InChI=1S/C11H12Br2Si/c1-14(2,3)8-7-9-10(12)5-4-6-11(9)13/h4-6H,1-3H3. The molecule has 0 N–H and O–H groups in total. The van der Waals surface area contributed by atoms with Crippen LogP contribution < -0.4 is 0 Å². The molecule has 0 atom stereocenters. The van der Waals surface area contributed by atoms with E-state index in [1.807, 2.05) is 18.2 Å². The Hall–Kier alpha value is -0.0431. The second-order valence-electron chi connectivity index (χ2n) is 4.10. The van der Waals surface area contributed by atoms with E-state index < -0.39 is 8.07 Å². The van der Waals surface area contributed by atoms with Gasteiger partial charge in [-0.25, -0.2) is 0 Å². The summed E-state index contributed by atoms with van der Waals surface area (Å²) >= 11 is 7.00. The largest absolute Gasteiger partial charge is 0.129 e. The Morgan fingerprint density at radius 1 is 1.07 bits per heavy atom. The van der Waals surface area contributed by atoms with Gasteiger partial charge in [0.25, 0.3) is 0 Å². The zero-order chi connectivity index (χ0) is 10.8. The van der Waals surface area contributed by atoms with Crippen LogP contribution in [0.4, 0.5) is 0 Å². The number of hydrogen-bond acceptors (Lipinski definition) is 0. The third-order valence-electron chi connectivity index (χ3n) is 1.53. The Balaban J connectivity index is 3.13. The summed E-state index contributed by atoms with van der Waals surface area (Å²) in [6, 6.07) is 6.02. The minimum atomic E-state index is -1.29. The van der Waals surface area contributed by atoms with Gasteiger partial charge in [0, 0.05) is 8.95 Å². The quantitative estimate of drug-likeness (QED) is 0.487. The first-order chi connectivity index (χ1) is 6.40. The van der Waals surface area contributed by atoms with Gasteiger partial charge < -0.3 is 0 Å². The highest BCUT2D eigenvalue weighted by Crippen LogP contribution is 2.24. The van der Waals surface area contributed by atoms with Crippen molar-refractivity contribution in [1.82, 2.24) is 0 Å². The van der Waals surface area contributed by atoms with Gasteiger partial charge in [-0.2, -0.15) is 0 Å². The number of hydrogen-bond donors (Lipinski definition) is 0. The molecule has 0 fully saturated rings. The van der Waals surface area contributed by atoms with Gasteiger partial charge >= 0.3 is 0 Å². The van der Waals surface area contributed by atoms with E-state index in [4.69, 9.17) is 0 Å². The molecule has 0 spiro atoms. The van der Waals surface area contributed by atoms with Crippen molar-refractivity contribution in [2.45, 2.75) is 19.6 Å². The SMILES string of the molecule is C[Si](C)(C)C#Cc1c(Br)cccc1Br. The van der Waals surface area contributed by atoms with Gasteiger partial charge in [0.15, 0.2) is 0 Å². The molecule has 0 amide bonds. The van der Waals surface area contributed by atoms with Crippen LogP contribution >= 0.6 is 31.9 Å². The first-order valence-electron chi connectivity index (χ1n) is 4.37. The summed E-state index contributed by atoms with van der Waals surface area (Å²) in [6.45, 7) is 6.72. The monoisotopic (exact) mass is 330 g/mol. The molecule has 74 valence electrons. The van der Waals surface area contributed by atoms with Gasteiger partial charge in [0.1, 0.15) is 8.07 Å². The highest BCUT2D eigenvalue weighted by atomic mass is 79.9. The molecule has 1 aromatic rings.